The van der Waals surface area contributed by atoms with E-state index in [1.807, 2.05) is 42.0 Å². The van der Waals surface area contributed by atoms with Crippen LogP contribution in [0.3, 0.4) is 0 Å². The molecular formula is C22H21N7O2. The maximum absolute atomic E-state index is 12.4. The van der Waals surface area contributed by atoms with Gasteiger partial charge in [-0.3, -0.25) is 14.6 Å². The molecule has 0 unspecified atom stereocenters. The van der Waals surface area contributed by atoms with Crippen LogP contribution in [-0.2, 0) is 11.4 Å². The van der Waals surface area contributed by atoms with E-state index in [9.17, 15) is 4.79 Å². The molecule has 0 radical (unpaired) electrons. The highest BCUT2D eigenvalue weighted by Gasteiger charge is 2.10. The second kappa shape index (κ2) is 9.59. The Bertz CT molecular complexity index is 1150. The lowest BCUT2D eigenvalue weighted by Gasteiger charge is -2.12. The summed E-state index contributed by atoms with van der Waals surface area (Å²) in [5, 5.41) is 3.19. The van der Waals surface area contributed by atoms with E-state index in [-0.39, 0.29) is 5.91 Å². The molecule has 0 saturated heterocycles. The maximum atomic E-state index is 12.4. The summed E-state index contributed by atoms with van der Waals surface area (Å²) in [5.41, 5.74) is 6.25. The van der Waals surface area contributed by atoms with Crippen molar-refractivity contribution in [2.75, 3.05) is 11.9 Å². The standard InChI is InChI=1S/C22H21N7O2/c1-16-4-5-17(21(30)28-31-12-11-29-10-9-24-15-29)13-20(16)27-22-25-8-6-19(26-22)18-3-2-7-23-14-18/h2-10,13-15H,11-12H2,1H3,(H,28,30)(H,25,26,27). The van der Waals surface area contributed by atoms with Crippen molar-refractivity contribution in [1.29, 1.82) is 0 Å². The normalized spacial score (nSPS) is 10.6. The monoisotopic (exact) mass is 415 g/mol. The third kappa shape index (κ3) is 5.28. The first-order valence-corrected chi connectivity index (χ1v) is 9.68. The molecule has 9 nitrogen and oxygen atoms in total. The first kappa shape index (κ1) is 20.2. The van der Waals surface area contributed by atoms with E-state index in [4.69, 9.17) is 4.84 Å². The topological polar surface area (TPSA) is 107 Å². The number of imidazole rings is 1. The van der Waals surface area contributed by atoms with Gasteiger partial charge in [0.15, 0.2) is 0 Å². The van der Waals surface area contributed by atoms with Gasteiger partial charge >= 0.3 is 0 Å². The van der Waals surface area contributed by atoms with Crippen molar-refractivity contribution in [3.05, 3.63) is 84.8 Å². The fourth-order valence-corrected chi connectivity index (χ4v) is 2.86. The number of hydroxylamine groups is 1. The van der Waals surface area contributed by atoms with E-state index in [2.05, 4.69) is 30.7 Å². The minimum absolute atomic E-state index is 0.327. The molecule has 0 saturated carbocycles. The highest BCUT2D eigenvalue weighted by Crippen LogP contribution is 2.22. The number of hydrogen-bond acceptors (Lipinski definition) is 7. The zero-order chi connectivity index (χ0) is 21.5. The van der Waals surface area contributed by atoms with Gasteiger partial charge in [0.05, 0.1) is 18.6 Å². The first-order valence-electron chi connectivity index (χ1n) is 9.68. The van der Waals surface area contributed by atoms with Gasteiger partial charge in [0.25, 0.3) is 5.91 Å². The van der Waals surface area contributed by atoms with Crippen LogP contribution < -0.4 is 10.8 Å². The van der Waals surface area contributed by atoms with Crippen LogP contribution in [0.5, 0.6) is 0 Å². The lowest BCUT2D eigenvalue weighted by Crippen LogP contribution is -2.25. The predicted molar refractivity (Wildman–Crippen MR) is 115 cm³/mol. The summed E-state index contributed by atoms with van der Waals surface area (Å²) in [7, 11) is 0. The zero-order valence-corrected chi connectivity index (χ0v) is 16.9. The molecule has 2 N–H and O–H groups in total. The average Bonchev–Trinajstić information content (AvgIpc) is 3.32. The van der Waals surface area contributed by atoms with Crippen LogP contribution in [0.4, 0.5) is 11.6 Å². The number of pyridine rings is 1. The Morgan fingerprint density at radius 2 is 2.06 bits per heavy atom. The Kier molecular flexibility index (Phi) is 6.24. The van der Waals surface area contributed by atoms with Crippen molar-refractivity contribution in [2.24, 2.45) is 0 Å². The molecule has 3 aromatic heterocycles. The number of carbonyl (C=O) groups excluding carboxylic acids is 1. The fourth-order valence-electron chi connectivity index (χ4n) is 2.86. The van der Waals surface area contributed by atoms with Gasteiger partial charge in [-0.1, -0.05) is 6.07 Å². The zero-order valence-electron chi connectivity index (χ0n) is 16.9. The maximum Gasteiger partial charge on any atom is 0.274 e. The van der Waals surface area contributed by atoms with E-state index in [0.29, 0.717) is 24.7 Å². The number of nitrogens with one attached hydrogen (secondary N) is 2. The molecule has 9 heteroatoms. The van der Waals surface area contributed by atoms with Gasteiger partial charge in [-0.2, -0.15) is 0 Å². The number of rotatable bonds is 8. The third-order valence-electron chi connectivity index (χ3n) is 4.53. The number of aromatic nitrogens is 5. The van der Waals surface area contributed by atoms with Crippen LogP contribution in [-0.4, -0.2) is 37.0 Å². The molecule has 4 aromatic rings. The Morgan fingerprint density at radius 3 is 2.87 bits per heavy atom. The Hall–Kier alpha value is -4.11. The third-order valence-corrected chi connectivity index (χ3v) is 4.53. The van der Waals surface area contributed by atoms with Crippen molar-refractivity contribution in [3.8, 4) is 11.3 Å². The van der Waals surface area contributed by atoms with E-state index < -0.39 is 0 Å². The fraction of sp³-hybridized carbons (Fsp3) is 0.136. The SMILES string of the molecule is Cc1ccc(C(=O)NOCCn2ccnc2)cc1Nc1nccc(-c2cccnc2)n1. The minimum Gasteiger partial charge on any atom is -0.335 e. The molecular weight excluding hydrogens is 394 g/mol. The molecule has 1 amide bonds. The van der Waals surface area contributed by atoms with E-state index >= 15 is 0 Å². The summed E-state index contributed by atoms with van der Waals surface area (Å²) in [6.07, 6.45) is 10.3. The molecule has 0 aliphatic carbocycles. The largest absolute Gasteiger partial charge is 0.335 e. The Balaban J connectivity index is 1.41. The smallest absolute Gasteiger partial charge is 0.274 e. The second-order valence-corrected chi connectivity index (χ2v) is 6.74. The van der Waals surface area contributed by atoms with Gasteiger partial charge in [0.1, 0.15) is 0 Å². The van der Waals surface area contributed by atoms with Crippen LogP contribution in [0, 0.1) is 6.92 Å². The van der Waals surface area contributed by atoms with Crippen LogP contribution in [0.2, 0.25) is 0 Å². The molecule has 156 valence electrons. The van der Waals surface area contributed by atoms with Crippen molar-refractivity contribution in [3.63, 3.8) is 0 Å². The van der Waals surface area contributed by atoms with Gasteiger partial charge in [0, 0.05) is 54.3 Å². The number of hydrogen-bond donors (Lipinski definition) is 2. The van der Waals surface area contributed by atoms with Gasteiger partial charge in [-0.15, -0.1) is 0 Å². The van der Waals surface area contributed by atoms with Gasteiger partial charge in [-0.25, -0.2) is 20.4 Å². The summed E-state index contributed by atoms with van der Waals surface area (Å²) >= 11 is 0. The van der Waals surface area contributed by atoms with Crippen LogP contribution >= 0.6 is 0 Å². The molecule has 0 aliphatic rings. The van der Waals surface area contributed by atoms with Gasteiger partial charge < -0.3 is 9.88 Å². The molecule has 0 aliphatic heterocycles. The summed E-state index contributed by atoms with van der Waals surface area (Å²) < 4.78 is 1.86. The first-order chi connectivity index (χ1) is 15.2. The molecule has 31 heavy (non-hydrogen) atoms. The predicted octanol–water partition coefficient (Wildman–Crippen LogP) is 3.15. The number of aryl methyl sites for hydroxylation is 1. The van der Waals surface area contributed by atoms with Crippen LogP contribution in [0.1, 0.15) is 15.9 Å². The highest BCUT2D eigenvalue weighted by molar-refractivity contribution is 5.94. The van der Waals surface area contributed by atoms with Gasteiger partial charge in [-0.05, 0) is 42.8 Å². The highest BCUT2D eigenvalue weighted by atomic mass is 16.6. The summed E-state index contributed by atoms with van der Waals surface area (Å²) in [4.78, 5) is 34.6. The molecule has 0 atom stereocenters. The van der Waals surface area contributed by atoms with E-state index in [1.54, 1.807) is 43.2 Å². The van der Waals surface area contributed by atoms with Crippen molar-refractivity contribution in [2.45, 2.75) is 13.5 Å². The molecule has 3 heterocycles. The van der Waals surface area contributed by atoms with Crippen LogP contribution in [0.15, 0.2) is 73.7 Å². The van der Waals surface area contributed by atoms with E-state index in [0.717, 1.165) is 22.5 Å². The summed E-state index contributed by atoms with van der Waals surface area (Å²) in [5.74, 6) is 0.0947. The number of amides is 1. The summed E-state index contributed by atoms with van der Waals surface area (Å²) in [6.45, 7) is 2.86. The van der Waals surface area contributed by atoms with Crippen molar-refractivity contribution in [1.82, 2.24) is 30.0 Å². The quantitative estimate of drug-likeness (QED) is 0.336. The lowest BCUT2D eigenvalue weighted by atomic mass is 10.1. The average molecular weight is 415 g/mol. The molecule has 0 fully saturated rings. The molecule has 0 spiro atoms. The number of benzene rings is 1. The molecule has 4 rings (SSSR count). The van der Waals surface area contributed by atoms with Gasteiger partial charge in [0.2, 0.25) is 5.95 Å². The van der Waals surface area contributed by atoms with Crippen molar-refractivity contribution < 1.29 is 9.63 Å². The Morgan fingerprint density at radius 1 is 1.13 bits per heavy atom. The minimum atomic E-state index is -0.335. The van der Waals surface area contributed by atoms with Crippen molar-refractivity contribution >= 4 is 17.5 Å². The number of anilines is 2. The molecule has 0 bridgehead atoms. The number of carbonyl (C=O) groups is 1. The summed E-state index contributed by atoms with van der Waals surface area (Å²) in [6, 6.07) is 10.9. The van der Waals surface area contributed by atoms with E-state index in [1.165, 1.54) is 0 Å². The molecule has 1 aromatic carbocycles. The van der Waals surface area contributed by atoms with Crippen LogP contribution in [0.25, 0.3) is 11.3 Å². The Labute approximate surface area is 179 Å². The number of nitrogens with zero attached hydrogens (tertiary/aromatic N) is 5. The second-order valence-electron chi connectivity index (χ2n) is 6.74. The lowest BCUT2D eigenvalue weighted by molar-refractivity contribution is 0.0282.